The lowest BCUT2D eigenvalue weighted by atomic mass is 10.1. The average Bonchev–Trinajstić information content (AvgIpc) is 2.16. The summed E-state index contributed by atoms with van der Waals surface area (Å²) >= 11 is 11.6. The van der Waals surface area contributed by atoms with Gasteiger partial charge in [0.25, 0.3) is 0 Å². The zero-order chi connectivity index (χ0) is 10.7. The predicted molar refractivity (Wildman–Crippen MR) is 55.5 cm³/mol. The van der Waals surface area contributed by atoms with Crippen molar-refractivity contribution in [3.8, 4) is 6.07 Å². The number of benzene rings is 1. The van der Waals surface area contributed by atoms with Gasteiger partial charge in [0, 0.05) is 11.1 Å². The van der Waals surface area contributed by atoms with Gasteiger partial charge in [-0.05, 0) is 19.1 Å². The minimum Gasteiger partial charge on any atom is -0.206 e. The fourth-order valence-electron chi connectivity index (χ4n) is 0.944. The van der Waals surface area contributed by atoms with Crippen molar-refractivity contribution in [3.05, 3.63) is 40.2 Å². The van der Waals surface area contributed by atoms with Crippen molar-refractivity contribution in [1.82, 2.24) is 0 Å². The predicted octanol–water partition coefficient (Wildman–Crippen LogP) is 3.97. The van der Waals surface area contributed by atoms with Crippen LogP contribution in [0.25, 0.3) is 5.03 Å². The van der Waals surface area contributed by atoms with Gasteiger partial charge >= 0.3 is 0 Å². The molecular weight excluding hydrogens is 224 g/mol. The van der Waals surface area contributed by atoms with E-state index in [4.69, 9.17) is 28.5 Å². The molecule has 0 atom stereocenters. The topological polar surface area (TPSA) is 23.8 Å². The molecular formula is C10H6Cl2FN. The van der Waals surface area contributed by atoms with Crippen molar-refractivity contribution in [2.45, 2.75) is 6.92 Å². The Kier molecular flexibility index (Phi) is 3.51. The molecule has 0 heterocycles. The van der Waals surface area contributed by atoms with Crippen LogP contribution in [-0.4, -0.2) is 0 Å². The second-order valence-corrected chi connectivity index (χ2v) is 3.43. The SMILES string of the molecule is CC(C#N)=C(Cl)c1c(F)cccc1Cl. The van der Waals surface area contributed by atoms with E-state index in [2.05, 4.69) is 0 Å². The van der Waals surface area contributed by atoms with Gasteiger partial charge in [-0.15, -0.1) is 0 Å². The second kappa shape index (κ2) is 4.45. The highest BCUT2D eigenvalue weighted by molar-refractivity contribution is 6.51. The van der Waals surface area contributed by atoms with Gasteiger partial charge in [0.05, 0.1) is 16.1 Å². The van der Waals surface area contributed by atoms with Crippen LogP contribution in [0, 0.1) is 17.1 Å². The molecule has 0 spiro atoms. The third-order valence-electron chi connectivity index (χ3n) is 1.68. The zero-order valence-electron chi connectivity index (χ0n) is 7.31. The lowest BCUT2D eigenvalue weighted by Gasteiger charge is -2.04. The summed E-state index contributed by atoms with van der Waals surface area (Å²) in [7, 11) is 0. The maximum absolute atomic E-state index is 13.3. The third-order valence-corrected chi connectivity index (χ3v) is 2.47. The first kappa shape index (κ1) is 11.0. The highest BCUT2D eigenvalue weighted by Crippen LogP contribution is 2.31. The maximum atomic E-state index is 13.3. The Balaban J connectivity index is 3.42. The summed E-state index contributed by atoms with van der Waals surface area (Å²) in [6.45, 7) is 1.51. The molecule has 0 N–H and O–H groups in total. The molecule has 0 unspecified atom stereocenters. The number of hydrogen-bond donors (Lipinski definition) is 0. The van der Waals surface area contributed by atoms with Gasteiger partial charge in [-0.2, -0.15) is 5.26 Å². The monoisotopic (exact) mass is 229 g/mol. The van der Waals surface area contributed by atoms with Gasteiger partial charge in [0.1, 0.15) is 5.82 Å². The fraction of sp³-hybridized carbons (Fsp3) is 0.100. The van der Waals surface area contributed by atoms with E-state index in [1.165, 1.54) is 25.1 Å². The molecule has 0 fully saturated rings. The summed E-state index contributed by atoms with van der Waals surface area (Å²) in [6.07, 6.45) is 0. The molecule has 1 aromatic rings. The number of hydrogen-bond acceptors (Lipinski definition) is 1. The molecule has 0 aromatic heterocycles. The molecule has 1 aromatic carbocycles. The quantitative estimate of drug-likeness (QED) is 0.669. The van der Waals surface area contributed by atoms with Crippen LogP contribution in [0.15, 0.2) is 23.8 Å². The molecule has 0 saturated heterocycles. The molecule has 72 valence electrons. The summed E-state index contributed by atoms with van der Waals surface area (Å²) in [5.41, 5.74) is 0.313. The summed E-state index contributed by atoms with van der Waals surface area (Å²) in [6, 6.07) is 6.08. The summed E-state index contributed by atoms with van der Waals surface area (Å²) in [4.78, 5) is 0. The fourth-order valence-corrected chi connectivity index (χ4v) is 1.48. The standard InChI is InChI=1S/C10H6Cl2FN/c1-6(5-14)10(12)9-7(11)3-2-4-8(9)13/h2-4H,1H3. The molecule has 0 aliphatic heterocycles. The number of rotatable bonds is 1. The van der Waals surface area contributed by atoms with E-state index < -0.39 is 5.82 Å². The zero-order valence-corrected chi connectivity index (χ0v) is 8.83. The Morgan fingerprint density at radius 2 is 2.14 bits per heavy atom. The smallest absolute Gasteiger partial charge is 0.133 e. The van der Waals surface area contributed by atoms with Gasteiger partial charge in [0.2, 0.25) is 0 Å². The third kappa shape index (κ3) is 2.06. The van der Waals surface area contributed by atoms with E-state index in [0.29, 0.717) is 0 Å². The normalized spacial score (nSPS) is 11.9. The van der Waals surface area contributed by atoms with Crippen LogP contribution in [0.4, 0.5) is 4.39 Å². The van der Waals surface area contributed by atoms with Gasteiger partial charge in [-0.1, -0.05) is 29.3 Å². The van der Waals surface area contributed by atoms with Crippen LogP contribution in [0.5, 0.6) is 0 Å². The molecule has 1 rings (SSSR count). The van der Waals surface area contributed by atoms with E-state index in [0.717, 1.165) is 0 Å². The number of allylic oxidation sites excluding steroid dienone is 1. The van der Waals surface area contributed by atoms with Crippen LogP contribution in [-0.2, 0) is 0 Å². The van der Waals surface area contributed by atoms with Crippen LogP contribution in [0.2, 0.25) is 5.02 Å². The highest BCUT2D eigenvalue weighted by Gasteiger charge is 2.12. The molecule has 0 aliphatic carbocycles. The molecule has 4 heteroatoms. The minimum atomic E-state index is -0.530. The number of nitriles is 1. The Bertz CT molecular complexity index is 412. The summed E-state index contributed by atoms with van der Waals surface area (Å²) < 4.78 is 13.3. The molecule has 0 saturated carbocycles. The second-order valence-electron chi connectivity index (χ2n) is 2.65. The first-order valence-corrected chi connectivity index (χ1v) is 4.54. The van der Waals surface area contributed by atoms with Gasteiger partial charge in [-0.3, -0.25) is 0 Å². The van der Waals surface area contributed by atoms with Crippen molar-refractivity contribution in [3.63, 3.8) is 0 Å². The highest BCUT2D eigenvalue weighted by atomic mass is 35.5. The Hall–Kier alpha value is -1.04. The van der Waals surface area contributed by atoms with Crippen molar-refractivity contribution in [1.29, 1.82) is 5.26 Å². The maximum Gasteiger partial charge on any atom is 0.133 e. The van der Waals surface area contributed by atoms with Crippen molar-refractivity contribution < 1.29 is 4.39 Å². The minimum absolute atomic E-state index is 0.0515. The lowest BCUT2D eigenvalue weighted by Crippen LogP contribution is -1.88. The summed E-state index contributed by atoms with van der Waals surface area (Å²) in [5.74, 6) is -0.530. The average molecular weight is 230 g/mol. The van der Waals surface area contributed by atoms with Crippen molar-refractivity contribution in [2.24, 2.45) is 0 Å². The number of nitrogens with zero attached hydrogens (tertiary/aromatic N) is 1. The number of halogens is 3. The van der Waals surface area contributed by atoms with E-state index in [-0.39, 0.29) is 21.2 Å². The largest absolute Gasteiger partial charge is 0.206 e. The summed E-state index contributed by atoms with van der Waals surface area (Å²) in [5, 5.41) is 8.84. The molecule has 0 amide bonds. The Morgan fingerprint density at radius 3 is 2.64 bits per heavy atom. The Morgan fingerprint density at radius 1 is 1.50 bits per heavy atom. The lowest BCUT2D eigenvalue weighted by molar-refractivity contribution is 0.624. The molecule has 1 nitrogen and oxygen atoms in total. The molecule has 14 heavy (non-hydrogen) atoms. The van der Waals surface area contributed by atoms with E-state index in [9.17, 15) is 4.39 Å². The molecule has 0 aliphatic rings. The van der Waals surface area contributed by atoms with Gasteiger partial charge < -0.3 is 0 Å². The Labute approximate surface area is 91.4 Å². The van der Waals surface area contributed by atoms with Crippen LogP contribution < -0.4 is 0 Å². The molecule has 0 bridgehead atoms. The van der Waals surface area contributed by atoms with Gasteiger partial charge in [-0.25, -0.2) is 4.39 Å². The van der Waals surface area contributed by atoms with E-state index >= 15 is 0 Å². The van der Waals surface area contributed by atoms with E-state index in [1.54, 1.807) is 0 Å². The van der Waals surface area contributed by atoms with Crippen molar-refractivity contribution >= 4 is 28.2 Å². The van der Waals surface area contributed by atoms with Crippen LogP contribution >= 0.6 is 23.2 Å². The van der Waals surface area contributed by atoms with Crippen LogP contribution in [0.3, 0.4) is 0 Å². The van der Waals surface area contributed by atoms with Crippen molar-refractivity contribution in [2.75, 3.05) is 0 Å². The van der Waals surface area contributed by atoms with Crippen LogP contribution in [0.1, 0.15) is 12.5 Å². The van der Waals surface area contributed by atoms with Gasteiger partial charge in [0.15, 0.2) is 0 Å². The first-order valence-electron chi connectivity index (χ1n) is 3.78. The molecule has 0 radical (unpaired) electrons. The van der Waals surface area contributed by atoms with E-state index in [1.807, 2.05) is 6.07 Å². The first-order chi connectivity index (χ1) is 6.57.